The Labute approximate surface area is 82.3 Å². The molecule has 1 atom stereocenters. The number of hydrogen-bond donors (Lipinski definition) is 0. The maximum absolute atomic E-state index is 12.0. The third-order valence-corrected chi connectivity index (χ3v) is 1.31. The Bertz CT molecular complexity index is 281. The third-order valence-electron chi connectivity index (χ3n) is 1.31. The lowest BCUT2D eigenvalue weighted by Gasteiger charge is -2.27. The summed E-state index contributed by atoms with van der Waals surface area (Å²) < 4.78 is 42.3. The molecule has 2 heteroatoms. The van der Waals surface area contributed by atoms with Crippen LogP contribution in [0.25, 0.3) is 0 Å². The molecule has 2 nitrogen and oxygen atoms in total. The molecule has 0 aliphatic heterocycles. The van der Waals surface area contributed by atoms with Crippen molar-refractivity contribution < 1.29 is 16.4 Å². The van der Waals surface area contributed by atoms with Gasteiger partial charge in [0.05, 0.1) is 5.41 Å². The highest BCUT2D eigenvalue weighted by atomic mass is 16.6. The van der Waals surface area contributed by atoms with E-state index >= 15 is 0 Å². The minimum absolute atomic E-state index is 0.852. The SMILES string of the molecule is [2H]C([2H])([2H])C(C)(C(=O)OC(C)(C)C)C([2H])([2H])C. The highest BCUT2D eigenvalue weighted by Gasteiger charge is 2.30. The molecule has 0 radical (unpaired) electrons. The molecule has 0 aliphatic rings. The molecule has 0 saturated carbocycles. The van der Waals surface area contributed by atoms with Crippen LogP contribution in [0.1, 0.15) is 54.7 Å². The Morgan fingerprint density at radius 3 is 2.25 bits per heavy atom. The van der Waals surface area contributed by atoms with Gasteiger partial charge in [0, 0.05) is 6.85 Å². The van der Waals surface area contributed by atoms with Gasteiger partial charge in [-0.1, -0.05) is 6.92 Å². The predicted octanol–water partition coefficient (Wildman–Crippen LogP) is 2.76. The van der Waals surface area contributed by atoms with Crippen molar-refractivity contribution in [1.29, 1.82) is 0 Å². The summed E-state index contributed by atoms with van der Waals surface area (Å²) in [7, 11) is 0. The van der Waals surface area contributed by atoms with Gasteiger partial charge in [0.15, 0.2) is 0 Å². The molecule has 0 fully saturated rings. The molecule has 0 saturated heterocycles. The molecule has 0 N–H and O–H groups in total. The first-order valence-electron chi connectivity index (χ1n) is 6.36. The largest absolute Gasteiger partial charge is 0.460 e. The number of rotatable bonds is 2. The number of carbonyl (C=O) groups is 1. The number of ether oxygens (including phenoxy) is 1. The van der Waals surface area contributed by atoms with Crippen LogP contribution in [0.4, 0.5) is 0 Å². The van der Waals surface area contributed by atoms with Crippen LogP contribution in [0.15, 0.2) is 0 Å². The van der Waals surface area contributed by atoms with Crippen molar-refractivity contribution in [2.75, 3.05) is 0 Å². The Hall–Kier alpha value is -0.530. The second-order valence-electron chi connectivity index (χ2n) is 3.88. The van der Waals surface area contributed by atoms with Gasteiger partial charge in [-0.2, -0.15) is 0 Å². The Kier molecular flexibility index (Phi) is 1.52. The zero-order valence-electron chi connectivity index (χ0n) is 13.3. The molecule has 0 rings (SSSR count). The second kappa shape index (κ2) is 3.46. The summed E-state index contributed by atoms with van der Waals surface area (Å²) in [5.41, 5.74) is -3.04. The van der Waals surface area contributed by atoms with E-state index < -0.39 is 30.2 Å². The Balaban J connectivity index is 5.46. The van der Waals surface area contributed by atoms with Crippen LogP contribution in [-0.4, -0.2) is 11.6 Å². The van der Waals surface area contributed by atoms with Crippen molar-refractivity contribution in [1.82, 2.24) is 0 Å². The van der Waals surface area contributed by atoms with E-state index in [9.17, 15) is 4.79 Å². The molecule has 0 aromatic rings. The molecule has 0 heterocycles. The normalized spacial score (nSPS) is 25.2. The summed E-state index contributed by atoms with van der Waals surface area (Å²) >= 11 is 0. The molecule has 12 heavy (non-hydrogen) atoms. The van der Waals surface area contributed by atoms with Gasteiger partial charge in [0.2, 0.25) is 0 Å². The lowest BCUT2D eigenvalue weighted by atomic mass is 9.90. The number of esters is 1. The van der Waals surface area contributed by atoms with Gasteiger partial charge in [-0.25, -0.2) is 0 Å². The molecule has 0 amide bonds. The number of carbonyl (C=O) groups excluding carboxylic acids is 1. The maximum atomic E-state index is 12.0. The van der Waals surface area contributed by atoms with Crippen molar-refractivity contribution >= 4 is 5.97 Å². The van der Waals surface area contributed by atoms with Crippen molar-refractivity contribution in [2.24, 2.45) is 5.41 Å². The fraction of sp³-hybridized carbons (Fsp3) is 0.900. The molecular formula is C10H20O2. The zero-order valence-corrected chi connectivity index (χ0v) is 8.32. The van der Waals surface area contributed by atoms with Gasteiger partial charge < -0.3 is 4.74 Å². The monoisotopic (exact) mass is 177 g/mol. The van der Waals surface area contributed by atoms with Crippen LogP contribution in [0.5, 0.6) is 0 Å². The minimum atomic E-state index is -2.77. The van der Waals surface area contributed by atoms with E-state index in [4.69, 9.17) is 11.6 Å². The maximum Gasteiger partial charge on any atom is 0.312 e. The van der Waals surface area contributed by atoms with Gasteiger partial charge in [0.1, 0.15) is 5.60 Å². The van der Waals surface area contributed by atoms with E-state index in [1.807, 2.05) is 0 Å². The highest BCUT2D eigenvalue weighted by Crippen LogP contribution is 2.24. The van der Waals surface area contributed by atoms with Gasteiger partial charge >= 0.3 is 5.97 Å². The first kappa shape index (κ1) is 5.25. The van der Waals surface area contributed by atoms with Crippen molar-refractivity contribution in [3.63, 3.8) is 0 Å². The molecule has 0 aromatic carbocycles. The topological polar surface area (TPSA) is 26.3 Å². The predicted molar refractivity (Wildman–Crippen MR) is 49.9 cm³/mol. The third kappa shape index (κ3) is 3.74. The van der Waals surface area contributed by atoms with Crippen LogP contribution in [0.3, 0.4) is 0 Å². The molecule has 1 unspecified atom stereocenters. The summed E-state index contributed by atoms with van der Waals surface area (Å²) in [6.07, 6.45) is -2.21. The first-order chi connectivity index (χ1) is 7.13. The van der Waals surface area contributed by atoms with Crippen LogP contribution >= 0.6 is 0 Å². The lowest BCUT2D eigenvalue weighted by Crippen LogP contribution is -2.33. The Morgan fingerprint density at radius 1 is 1.50 bits per heavy atom. The van der Waals surface area contributed by atoms with Gasteiger partial charge in [-0.05, 0) is 40.9 Å². The van der Waals surface area contributed by atoms with Gasteiger partial charge in [-0.3, -0.25) is 4.79 Å². The lowest BCUT2D eigenvalue weighted by molar-refractivity contribution is -0.165. The van der Waals surface area contributed by atoms with E-state index in [2.05, 4.69) is 0 Å². The van der Waals surface area contributed by atoms with E-state index in [0.29, 0.717) is 0 Å². The average molecular weight is 177 g/mol. The average Bonchev–Trinajstić information content (AvgIpc) is 1.94. The first-order valence-corrected chi connectivity index (χ1v) is 3.86. The summed E-state index contributed by atoms with van der Waals surface area (Å²) in [6, 6.07) is 0. The van der Waals surface area contributed by atoms with E-state index in [0.717, 1.165) is 13.8 Å². The van der Waals surface area contributed by atoms with Crippen LogP contribution in [0.2, 0.25) is 0 Å². The van der Waals surface area contributed by atoms with Gasteiger partial charge in [-0.15, -0.1) is 0 Å². The summed E-state index contributed by atoms with van der Waals surface area (Å²) in [5.74, 6) is -1.04. The molecule has 0 spiro atoms. The second-order valence-corrected chi connectivity index (χ2v) is 3.88. The van der Waals surface area contributed by atoms with Crippen molar-refractivity contribution in [3.8, 4) is 0 Å². The quantitative estimate of drug-likeness (QED) is 0.606. The summed E-state index contributed by atoms with van der Waals surface area (Å²) in [6.45, 7) is 4.20. The Morgan fingerprint density at radius 2 is 2.00 bits per heavy atom. The standard InChI is InChI=1S/C10H20O2/c1-7-10(5,6)8(11)12-9(2,3)4/h7H2,1-6H3/i5D3,7D2. The molecule has 0 aromatic heterocycles. The molecule has 0 aliphatic carbocycles. The molecule has 0 bridgehead atoms. The highest BCUT2D eigenvalue weighted by molar-refractivity contribution is 5.76. The summed E-state index contributed by atoms with van der Waals surface area (Å²) in [4.78, 5) is 12.0. The zero-order chi connectivity index (χ0) is 14.3. The minimum Gasteiger partial charge on any atom is -0.460 e. The van der Waals surface area contributed by atoms with Crippen LogP contribution in [0, 0.1) is 5.41 Å². The van der Waals surface area contributed by atoms with E-state index in [-0.39, 0.29) is 0 Å². The van der Waals surface area contributed by atoms with Crippen molar-refractivity contribution in [3.05, 3.63) is 0 Å². The van der Waals surface area contributed by atoms with Gasteiger partial charge in [0.25, 0.3) is 0 Å². The fourth-order valence-electron chi connectivity index (χ4n) is 0.482. The molecule has 72 valence electrons. The van der Waals surface area contributed by atoms with Crippen LogP contribution in [-0.2, 0) is 9.53 Å². The van der Waals surface area contributed by atoms with Crippen LogP contribution < -0.4 is 0 Å². The number of hydrogen-bond acceptors (Lipinski definition) is 2. The van der Waals surface area contributed by atoms with E-state index in [1.165, 1.54) is 0 Å². The van der Waals surface area contributed by atoms with Crippen molar-refractivity contribution in [2.45, 2.75) is 53.4 Å². The fourth-order valence-corrected chi connectivity index (χ4v) is 0.482. The molecular weight excluding hydrogens is 152 g/mol. The summed E-state index contributed by atoms with van der Waals surface area (Å²) in [5, 5.41) is 0. The smallest absolute Gasteiger partial charge is 0.312 e. The van der Waals surface area contributed by atoms with E-state index in [1.54, 1.807) is 20.8 Å².